The molecule has 1 aliphatic carbocycles. The molecule has 2 heterocycles. The van der Waals surface area contributed by atoms with Crippen LogP contribution in [0.5, 0.6) is 5.75 Å². The molecule has 4 nitrogen and oxygen atoms in total. The zero-order chi connectivity index (χ0) is 19.2. The van der Waals surface area contributed by atoms with Gasteiger partial charge in [0.1, 0.15) is 5.75 Å². The third-order valence-electron chi connectivity index (χ3n) is 6.22. The summed E-state index contributed by atoms with van der Waals surface area (Å²) in [5, 5.41) is 0. The number of pyridine rings is 1. The molecule has 0 N–H and O–H groups in total. The zero-order valence-corrected chi connectivity index (χ0v) is 17.1. The SMILES string of the molecule is CN(CCCOc1ccc2c(c1)CCC(CN1CCCC1)C2)c1cccnc1. The first-order chi connectivity index (χ1) is 13.8. The molecule has 1 aromatic carbocycles. The van der Waals surface area contributed by atoms with E-state index in [2.05, 4.69) is 46.1 Å². The highest BCUT2D eigenvalue weighted by molar-refractivity contribution is 5.42. The number of hydrogen-bond acceptors (Lipinski definition) is 4. The molecule has 2 aromatic rings. The number of aryl methyl sites for hydroxylation is 1. The summed E-state index contributed by atoms with van der Waals surface area (Å²) in [6, 6.07) is 10.8. The molecule has 4 heteroatoms. The van der Waals surface area contributed by atoms with Gasteiger partial charge in [0.15, 0.2) is 0 Å². The summed E-state index contributed by atoms with van der Waals surface area (Å²) < 4.78 is 6.04. The smallest absolute Gasteiger partial charge is 0.119 e. The Balaban J connectivity index is 1.22. The highest BCUT2D eigenvalue weighted by Gasteiger charge is 2.22. The Morgan fingerprint density at radius 2 is 2.07 bits per heavy atom. The van der Waals surface area contributed by atoms with Gasteiger partial charge in [-0.1, -0.05) is 6.07 Å². The van der Waals surface area contributed by atoms with Crippen molar-refractivity contribution in [2.45, 2.75) is 38.5 Å². The molecule has 1 aromatic heterocycles. The number of likely N-dealkylation sites (tertiary alicyclic amines) is 1. The van der Waals surface area contributed by atoms with Gasteiger partial charge in [-0.25, -0.2) is 0 Å². The molecule has 0 bridgehead atoms. The van der Waals surface area contributed by atoms with Gasteiger partial charge in [0.05, 0.1) is 18.5 Å². The van der Waals surface area contributed by atoms with Gasteiger partial charge in [0.2, 0.25) is 0 Å². The summed E-state index contributed by atoms with van der Waals surface area (Å²) in [7, 11) is 2.11. The fraction of sp³-hybridized carbons (Fsp3) is 0.542. The lowest BCUT2D eigenvalue weighted by molar-refractivity contribution is 0.261. The molecule has 2 aliphatic rings. The average molecular weight is 380 g/mol. The fourth-order valence-electron chi connectivity index (χ4n) is 4.58. The van der Waals surface area contributed by atoms with Gasteiger partial charge >= 0.3 is 0 Å². The summed E-state index contributed by atoms with van der Waals surface area (Å²) in [5.74, 6) is 1.86. The Hall–Kier alpha value is -2.07. The number of benzene rings is 1. The first-order valence-electron chi connectivity index (χ1n) is 10.9. The van der Waals surface area contributed by atoms with E-state index in [0.29, 0.717) is 0 Å². The molecule has 0 saturated carbocycles. The van der Waals surface area contributed by atoms with Crippen molar-refractivity contribution in [2.24, 2.45) is 5.92 Å². The number of hydrogen-bond donors (Lipinski definition) is 0. The number of nitrogens with zero attached hydrogens (tertiary/aromatic N) is 3. The van der Waals surface area contributed by atoms with E-state index in [-0.39, 0.29) is 0 Å². The van der Waals surface area contributed by atoms with Crippen LogP contribution in [0.15, 0.2) is 42.7 Å². The lowest BCUT2D eigenvalue weighted by Gasteiger charge is -2.28. The molecule has 0 amide bonds. The van der Waals surface area contributed by atoms with Gasteiger partial charge in [-0.15, -0.1) is 0 Å². The number of fused-ring (bicyclic) bond motifs is 1. The van der Waals surface area contributed by atoms with E-state index in [0.717, 1.165) is 36.9 Å². The third kappa shape index (κ3) is 5.05. The van der Waals surface area contributed by atoms with Crippen LogP contribution in [0.4, 0.5) is 5.69 Å². The van der Waals surface area contributed by atoms with Crippen LogP contribution in [0, 0.1) is 5.92 Å². The van der Waals surface area contributed by atoms with E-state index in [4.69, 9.17) is 4.74 Å². The Labute approximate surface area is 169 Å². The molecule has 1 fully saturated rings. The summed E-state index contributed by atoms with van der Waals surface area (Å²) in [5.41, 5.74) is 4.20. The maximum absolute atomic E-state index is 6.04. The van der Waals surface area contributed by atoms with Gasteiger partial charge in [0.25, 0.3) is 0 Å². The van der Waals surface area contributed by atoms with E-state index in [1.165, 1.54) is 57.3 Å². The van der Waals surface area contributed by atoms with Crippen LogP contribution in [0.2, 0.25) is 0 Å². The molecule has 150 valence electrons. The molecule has 1 aliphatic heterocycles. The first-order valence-corrected chi connectivity index (χ1v) is 10.9. The second kappa shape index (κ2) is 9.42. The predicted octanol–water partition coefficient (Wildman–Crippen LogP) is 4.19. The predicted molar refractivity (Wildman–Crippen MR) is 115 cm³/mol. The molecule has 4 rings (SSSR count). The van der Waals surface area contributed by atoms with E-state index >= 15 is 0 Å². The van der Waals surface area contributed by atoms with Crippen molar-refractivity contribution in [1.82, 2.24) is 9.88 Å². The Morgan fingerprint density at radius 3 is 2.89 bits per heavy atom. The molecule has 0 spiro atoms. The van der Waals surface area contributed by atoms with E-state index in [1.807, 2.05) is 18.5 Å². The molecular weight excluding hydrogens is 346 g/mol. The van der Waals surface area contributed by atoms with Crippen LogP contribution < -0.4 is 9.64 Å². The van der Waals surface area contributed by atoms with Crippen molar-refractivity contribution in [2.75, 3.05) is 44.7 Å². The van der Waals surface area contributed by atoms with Gasteiger partial charge < -0.3 is 14.5 Å². The standard InChI is InChI=1S/C24H33N3O/c1-26(23-6-4-11-25-18-23)12-5-15-28-24-10-9-21-16-20(7-8-22(21)17-24)19-27-13-2-3-14-27/h4,6,9-11,17-18,20H,2-3,5,7-8,12-16,19H2,1H3. The van der Waals surface area contributed by atoms with Crippen molar-refractivity contribution < 1.29 is 4.74 Å². The van der Waals surface area contributed by atoms with Crippen LogP contribution in [-0.2, 0) is 12.8 Å². The quantitative estimate of drug-likeness (QED) is 0.643. The summed E-state index contributed by atoms with van der Waals surface area (Å²) in [6.07, 6.45) is 11.3. The van der Waals surface area contributed by atoms with Gasteiger partial charge in [0, 0.05) is 26.3 Å². The van der Waals surface area contributed by atoms with Crippen molar-refractivity contribution >= 4 is 5.69 Å². The molecule has 1 atom stereocenters. The maximum atomic E-state index is 6.04. The van der Waals surface area contributed by atoms with Crippen molar-refractivity contribution in [3.8, 4) is 5.75 Å². The third-order valence-corrected chi connectivity index (χ3v) is 6.22. The summed E-state index contributed by atoms with van der Waals surface area (Å²) >= 11 is 0. The topological polar surface area (TPSA) is 28.6 Å². The van der Waals surface area contributed by atoms with Crippen LogP contribution >= 0.6 is 0 Å². The number of anilines is 1. The Kier molecular flexibility index (Phi) is 6.48. The molecule has 1 saturated heterocycles. The van der Waals surface area contributed by atoms with E-state index in [1.54, 1.807) is 5.56 Å². The molecular formula is C24H33N3O. The fourth-order valence-corrected chi connectivity index (χ4v) is 4.58. The van der Waals surface area contributed by atoms with Crippen LogP contribution in [0.1, 0.15) is 36.8 Å². The van der Waals surface area contributed by atoms with Crippen LogP contribution in [0.25, 0.3) is 0 Å². The molecule has 1 unspecified atom stereocenters. The zero-order valence-electron chi connectivity index (χ0n) is 17.1. The maximum Gasteiger partial charge on any atom is 0.119 e. The van der Waals surface area contributed by atoms with Crippen molar-refractivity contribution in [3.05, 3.63) is 53.9 Å². The molecule has 28 heavy (non-hydrogen) atoms. The van der Waals surface area contributed by atoms with Crippen molar-refractivity contribution in [3.63, 3.8) is 0 Å². The van der Waals surface area contributed by atoms with E-state index < -0.39 is 0 Å². The van der Waals surface area contributed by atoms with Gasteiger partial charge in [-0.2, -0.15) is 0 Å². The lowest BCUT2D eigenvalue weighted by Crippen LogP contribution is -2.30. The Bertz CT molecular complexity index is 743. The highest BCUT2D eigenvalue weighted by Crippen LogP contribution is 2.29. The Morgan fingerprint density at radius 1 is 1.18 bits per heavy atom. The minimum Gasteiger partial charge on any atom is -0.494 e. The second-order valence-electron chi connectivity index (χ2n) is 8.38. The normalized spacial score (nSPS) is 19.4. The minimum absolute atomic E-state index is 0.751. The lowest BCUT2D eigenvalue weighted by atomic mass is 9.83. The first kappa shape index (κ1) is 19.3. The van der Waals surface area contributed by atoms with Crippen LogP contribution in [0.3, 0.4) is 0 Å². The van der Waals surface area contributed by atoms with Gasteiger partial charge in [-0.3, -0.25) is 4.98 Å². The molecule has 0 radical (unpaired) electrons. The second-order valence-corrected chi connectivity index (χ2v) is 8.38. The average Bonchev–Trinajstić information content (AvgIpc) is 3.25. The summed E-state index contributed by atoms with van der Waals surface area (Å²) in [6.45, 7) is 5.64. The van der Waals surface area contributed by atoms with Gasteiger partial charge in [-0.05, 0) is 92.9 Å². The number of ether oxygens (including phenoxy) is 1. The van der Waals surface area contributed by atoms with Crippen molar-refractivity contribution in [1.29, 1.82) is 0 Å². The highest BCUT2D eigenvalue weighted by atomic mass is 16.5. The van der Waals surface area contributed by atoms with Crippen LogP contribution in [-0.4, -0.2) is 49.7 Å². The van der Waals surface area contributed by atoms with E-state index in [9.17, 15) is 0 Å². The minimum atomic E-state index is 0.751. The largest absolute Gasteiger partial charge is 0.494 e. The number of rotatable bonds is 8. The summed E-state index contributed by atoms with van der Waals surface area (Å²) in [4.78, 5) is 9.07. The monoisotopic (exact) mass is 379 g/mol. The number of aromatic nitrogens is 1.